The Bertz CT molecular complexity index is 1080. The molecule has 0 fully saturated rings. The molecule has 3 N–H and O–H groups in total. The molecule has 0 aliphatic rings. The zero-order valence-corrected chi connectivity index (χ0v) is 17.6. The van der Waals surface area contributed by atoms with Gasteiger partial charge in [-0.1, -0.05) is 62.4 Å². The molecule has 0 amide bonds. The maximum absolute atomic E-state index is 6.37. The van der Waals surface area contributed by atoms with Crippen LogP contribution in [0.3, 0.4) is 0 Å². The number of benzene rings is 3. The first-order valence-corrected chi connectivity index (χ1v) is 10.2. The molecule has 0 aliphatic carbocycles. The summed E-state index contributed by atoms with van der Waals surface area (Å²) >= 11 is 0. The van der Waals surface area contributed by atoms with Crippen LogP contribution in [0.5, 0.6) is 11.6 Å². The highest BCUT2D eigenvalue weighted by Crippen LogP contribution is 2.32. The minimum absolute atomic E-state index is 0.302. The van der Waals surface area contributed by atoms with E-state index < -0.39 is 0 Å². The molecule has 0 saturated heterocycles. The number of hydrogen-bond acceptors (Lipinski definition) is 6. The van der Waals surface area contributed by atoms with Gasteiger partial charge >= 0.3 is 0 Å². The van der Waals surface area contributed by atoms with Crippen molar-refractivity contribution in [3.63, 3.8) is 0 Å². The third-order valence-corrected chi connectivity index (χ3v) is 4.86. The molecule has 6 heteroatoms. The zero-order chi connectivity index (χ0) is 21.6. The van der Waals surface area contributed by atoms with Crippen LogP contribution in [-0.4, -0.2) is 9.97 Å². The first-order chi connectivity index (χ1) is 15.1. The van der Waals surface area contributed by atoms with Gasteiger partial charge < -0.3 is 10.5 Å². The number of aromatic nitrogens is 2. The number of para-hydroxylation sites is 2. The van der Waals surface area contributed by atoms with Crippen LogP contribution in [0.1, 0.15) is 25.3 Å². The molecule has 156 valence electrons. The normalized spacial score (nSPS) is 10.7. The molecule has 0 radical (unpaired) electrons. The predicted octanol–water partition coefficient (Wildman–Crippen LogP) is 6.14. The Labute approximate surface area is 182 Å². The maximum Gasteiger partial charge on any atom is 0.248 e. The minimum atomic E-state index is 0.302. The Kier molecular flexibility index (Phi) is 5.98. The zero-order valence-electron chi connectivity index (χ0n) is 17.6. The summed E-state index contributed by atoms with van der Waals surface area (Å²) in [5, 5.41) is 1.92. The van der Waals surface area contributed by atoms with Gasteiger partial charge in [0.05, 0.1) is 11.4 Å². The van der Waals surface area contributed by atoms with Gasteiger partial charge in [0.25, 0.3) is 0 Å². The highest BCUT2D eigenvalue weighted by Gasteiger charge is 2.15. The van der Waals surface area contributed by atoms with E-state index in [1.54, 1.807) is 0 Å². The number of nitrogen functional groups attached to an aromatic ring is 1. The number of anilines is 4. The summed E-state index contributed by atoms with van der Waals surface area (Å²) < 4.78 is 5.94. The van der Waals surface area contributed by atoms with Crippen LogP contribution in [0.4, 0.5) is 22.9 Å². The van der Waals surface area contributed by atoms with Crippen molar-refractivity contribution < 1.29 is 4.74 Å². The second-order valence-corrected chi connectivity index (χ2v) is 7.39. The molecule has 0 unspecified atom stereocenters. The summed E-state index contributed by atoms with van der Waals surface area (Å²) in [4.78, 5) is 8.57. The molecule has 0 aliphatic heterocycles. The standard InChI is InChI=1S/C25H25N5O/c1-18(2)19-13-15-22(16-14-19)31-25-23(26)24(27-17-28-25)29-30(20-9-5-3-6-10-20)21-11-7-4-8-12-21/h3-18H,26H2,1-2H3,(H,27,28,29). The Balaban J connectivity index is 1.62. The van der Waals surface area contributed by atoms with Crippen LogP contribution < -0.4 is 20.9 Å². The van der Waals surface area contributed by atoms with E-state index in [1.165, 1.54) is 11.9 Å². The molecule has 3 aromatic carbocycles. The smallest absolute Gasteiger partial charge is 0.248 e. The maximum atomic E-state index is 6.37. The number of hydrogen-bond donors (Lipinski definition) is 2. The fourth-order valence-corrected chi connectivity index (χ4v) is 3.12. The van der Waals surface area contributed by atoms with E-state index in [0.717, 1.165) is 11.4 Å². The van der Waals surface area contributed by atoms with Crippen molar-refractivity contribution in [2.45, 2.75) is 19.8 Å². The van der Waals surface area contributed by atoms with E-state index in [2.05, 4.69) is 29.2 Å². The number of nitrogens with one attached hydrogen (secondary N) is 1. The third-order valence-electron chi connectivity index (χ3n) is 4.86. The SMILES string of the molecule is CC(C)c1ccc(Oc2ncnc(NN(c3ccccc3)c3ccccc3)c2N)cc1. The molecule has 0 atom stereocenters. The summed E-state index contributed by atoms with van der Waals surface area (Å²) in [6, 6.07) is 27.8. The van der Waals surface area contributed by atoms with Gasteiger partial charge in [0, 0.05) is 0 Å². The van der Waals surface area contributed by atoms with Gasteiger partial charge in [0.1, 0.15) is 17.8 Å². The monoisotopic (exact) mass is 411 g/mol. The van der Waals surface area contributed by atoms with Gasteiger partial charge in [-0.25, -0.2) is 4.98 Å². The van der Waals surface area contributed by atoms with Crippen molar-refractivity contribution in [1.82, 2.24) is 9.97 Å². The summed E-state index contributed by atoms with van der Waals surface area (Å²) in [5.74, 6) is 1.88. The molecule has 0 spiro atoms. The first-order valence-electron chi connectivity index (χ1n) is 10.2. The highest BCUT2D eigenvalue weighted by atomic mass is 16.5. The average molecular weight is 412 g/mol. The van der Waals surface area contributed by atoms with Crippen molar-refractivity contribution in [1.29, 1.82) is 0 Å². The Morgan fingerprint density at radius 1 is 0.806 bits per heavy atom. The molecule has 4 rings (SSSR count). The molecule has 31 heavy (non-hydrogen) atoms. The van der Waals surface area contributed by atoms with Crippen molar-refractivity contribution in [3.05, 3.63) is 96.8 Å². The number of ether oxygens (including phenoxy) is 1. The molecular formula is C25H25N5O. The van der Waals surface area contributed by atoms with Crippen molar-refractivity contribution in [2.75, 3.05) is 16.2 Å². The largest absolute Gasteiger partial charge is 0.437 e. The van der Waals surface area contributed by atoms with Gasteiger partial charge in [0.15, 0.2) is 5.82 Å². The van der Waals surface area contributed by atoms with E-state index >= 15 is 0 Å². The topological polar surface area (TPSA) is 76.3 Å². The van der Waals surface area contributed by atoms with Gasteiger partial charge in [-0.2, -0.15) is 4.98 Å². The molecule has 0 bridgehead atoms. The first kappa shape index (κ1) is 20.2. The fraction of sp³-hybridized carbons (Fsp3) is 0.120. The second-order valence-electron chi connectivity index (χ2n) is 7.39. The summed E-state index contributed by atoms with van der Waals surface area (Å²) in [6.45, 7) is 4.31. The highest BCUT2D eigenvalue weighted by molar-refractivity contribution is 5.74. The Morgan fingerprint density at radius 2 is 1.39 bits per heavy atom. The lowest BCUT2D eigenvalue weighted by molar-refractivity contribution is 0.464. The van der Waals surface area contributed by atoms with Crippen molar-refractivity contribution >= 4 is 22.9 Å². The lowest BCUT2D eigenvalue weighted by atomic mass is 10.0. The molecule has 1 heterocycles. The van der Waals surface area contributed by atoms with E-state index in [4.69, 9.17) is 10.5 Å². The third kappa shape index (κ3) is 4.75. The number of hydrazine groups is 1. The van der Waals surface area contributed by atoms with Crippen LogP contribution in [0.15, 0.2) is 91.3 Å². The van der Waals surface area contributed by atoms with Crippen LogP contribution in [0.2, 0.25) is 0 Å². The number of rotatable bonds is 7. The summed E-state index contributed by atoms with van der Waals surface area (Å²) in [7, 11) is 0. The van der Waals surface area contributed by atoms with Crippen molar-refractivity contribution in [3.8, 4) is 11.6 Å². The van der Waals surface area contributed by atoms with Crippen LogP contribution in [0, 0.1) is 0 Å². The van der Waals surface area contributed by atoms with Gasteiger partial charge in [0.2, 0.25) is 5.88 Å². The molecule has 6 nitrogen and oxygen atoms in total. The average Bonchev–Trinajstić information content (AvgIpc) is 2.81. The lowest BCUT2D eigenvalue weighted by Crippen LogP contribution is -2.25. The summed E-state index contributed by atoms with van der Waals surface area (Å²) in [5.41, 5.74) is 13.1. The van der Waals surface area contributed by atoms with Gasteiger partial charge in [-0.05, 0) is 47.9 Å². The van der Waals surface area contributed by atoms with E-state index in [1.807, 2.05) is 89.9 Å². The van der Waals surface area contributed by atoms with Crippen LogP contribution in [-0.2, 0) is 0 Å². The van der Waals surface area contributed by atoms with Crippen LogP contribution in [0.25, 0.3) is 0 Å². The molecule has 4 aromatic rings. The van der Waals surface area contributed by atoms with Gasteiger partial charge in [-0.3, -0.25) is 10.4 Å². The number of nitrogens with zero attached hydrogens (tertiary/aromatic N) is 3. The van der Waals surface area contributed by atoms with E-state index in [0.29, 0.717) is 29.1 Å². The minimum Gasteiger partial charge on any atom is -0.437 e. The second kappa shape index (κ2) is 9.17. The van der Waals surface area contributed by atoms with Gasteiger partial charge in [-0.15, -0.1) is 0 Å². The Morgan fingerprint density at radius 3 is 1.94 bits per heavy atom. The van der Waals surface area contributed by atoms with E-state index in [-0.39, 0.29) is 0 Å². The lowest BCUT2D eigenvalue weighted by Gasteiger charge is -2.26. The van der Waals surface area contributed by atoms with E-state index in [9.17, 15) is 0 Å². The predicted molar refractivity (Wildman–Crippen MR) is 126 cm³/mol. The quantitative estimate of drug-likeness (QED) is 0.356. The van der Waals surface area contributed by atoms with Crippen LogP contribution >= 0.6 is 0 Å². The summed E-state index contributed by atoms with van der Waals surface area (Å²) in [6.07, 6.45) is 1.44. The molecule has 0 saturated carbocycles. The molecule has 1 aromatic heterocycles. The fourth-order valence-electron chi connectivity index (χ4n) is 3.12. The Hall–Kier alpha value is -4.06. The number of nitrogens with two attached hydrogens (primary N) is 1. The molecular weight excluding hydrogens is 386 g/mol. The van der Waals surface area contributed by atoms with Crippen molar-refractivity contribution in [2.24, 2.45) is 0 Å².